The van der Waals surface area contributed by atoms with Gasteiger partial charge in [0, 0.05) is 18.0 Å². The topological polar surface area (TPSA) is 82.8 Å². The van der Waals surface area contributed by atoms with E-state index >= 15 is 0 Å². The van der Waals surface area contributed by atoms with Crippen LogP contribution in [0.5, 0.6) is 0 Å². The van der Waals surface area contributed by atoms with Crippen molar-refractivity contribution in [2.75, 3.05) is 0 Å². The third kappa shape index (κ3) is 2.11. The summed E-state index contributed by atoms with van der Waals surface area (Å²) in [5.74, 6) is 2.37. The molecule has 2 rings (SSSR count). The van der Waals surface area contributed by atoms with Gasteiger partial charge in [-0.15, -0.1) is 10.2 Å². The van der Waals surface area contributed by atoms with Gasteiger partial charge in [-0.1, -0.05) is 0 Å². The lowest BCUT2D eigenvalue weighted by atomic mass is 10.1. The number of aryl methyl sites for hydroxylation is 3. The predicted octanol–water partition coefficient (Wildman–Crippen LogP) is 0.662. The van der Waals surface area contributed by atoms with Crippen molar-refractivity contribution < 1.29 is 4.42 Å². The number of furan rings is 1. The summed E-state index contributed by atoms with van der Waals surface area (Å²) in [6, 6.07) is 1.80. The van der Waals surface area contributed by atoms with Gasteiger partial charge < -0.3 is 10.2 Å². The monoisotopic (exact) mass is 221 g/mol. The van der Waals surface area contributed by atoms with Crippen LogP contribution in [0.3, 0.4) is 0 Å². The van der Waals surface area contributed by atoms with Crippen molar-refractivity contribution in [1.82, 2.24) is 20.2 Å². The van der Waals surface area contributed by atoms with Crippen LogP contribution in [-0.2, 0) is 13.5 Å². The van der Waals surface area contributed by atoms with E-state index in [1.54, 1.807) is 7.05 Å². The second kappa shape index (κ2) is 4.05. The highest BCUT2D eigenvalue weighted by molar-refractivity contribution is 5.24. The Balaban J connectivity index is 2.14. The molecule has 0 saturated heterocycles. The second-order valence-corrected chi connectivity index (χ2v) is 3.87. The Hall–Kier alpha value is -1.69. The van der Waals surface area contributed by atoms with E-state index in [0.717, 1.165) is 17.1 Å². The minimum atomic E-state index is -0.151. The zero-order valence-corrected chi connectivity index (χ0v) is 9.64. The van der Waals surface area contributed by atoms with Gasteiger partial charge in [0.05, 0.1) is 7.05 Å². The maximum absolute atomic E-state index is 6.07. The molecule has 0 aromatic carbocycles. The Kier molecular flexibility index (Phi) is 2.74. The first-order chi connectivity index (χ1) is 7.56. The van der Waals surface area contributed by atoms with Crippen LogP contribution in [0.1, 0.15) is 29.0 Å². The van der Waals surface area contributed by atoms with Crippen molar-refractivity contribution in [2.45, 2.75) is 26.3 Å². The van der Waals surface area contributed by atoms with Gasteiger partial charge in [-0.05, 0) is 25.1 Å². The first-order valence-electron chi connectivity index (χ1n) is 5.11. The molecule has 1 atom stereocenters. The minimum Gasteiger partial charge on any atom is -0.466 e. The quantitative estimate of drug-likeness (QED) is 0.823. The smallest absolute Gasteiger partial charge is 0.176 e. The summed E-state index contributed by atoms with van der Waals surface area (Å²) in [6.07, 6.45) is 0.563. The largest absolute Gasteiger partial charge is 0.466 e. The number of aromatic nitrogens is 4. The molecule has 1 unspecified atom stereocenters. The number of hydrogen-bond acceptors (Lipinski definition) is 5. The minimum absolute atomic E-state index is 0.151. The molecule has 16 heavy (non-hydrogen) atoms. The number of tetrazole rings is 1. The molecular weight excluding hydrogens is 206 g/mol. The molecule has 0 aliphatic carbocycles. The zero-order chi connectivity index (χ0) is 11.7. The van der Waals surface area contributed by atoms with Gasteiger partial charge in [0.25, 0.3) is 0 Å². The highest BCUT2D eigenvalue weighted by Gasteiger charge is 2.15. The Bertz CT molecular complexity index is 487. The summed E-state index contributed by atoms with van der Waals surface area (Å²) in [6.45, 7) is 3.82. The van der Waals surface area contributed by atoms with Crippen LogP contribution in [0.15, 0.2) is 10.5 Å². The fourth-order valence-corrected chi connectivity index (χ4v) is 1.73. The van der Waals surface area contributed by atoms with Gasteiger partial charge >= 0.3 is 0 Å². The normalized spacial score (nSPS) is 13.0. The highest BCUT2D eigenvalue weighted by atomic mass is 16.3. The molecule has 2 N–H and O–H groups in total. The molecule has 86 valence electrons. The third-order valence-electron chi connectivity index (χ3n) is 2.43. The average Bonchev–Trinajstić information content (AvgIpc) is 2.73. The van der Waals surface area contributed by atoms with Crippen molar-refractivity contribution in [1.29, 1.82) is 0 Å². The SMILES string of the molecule is Cc1cc(C(N)Cc2nnn(C)n2)c(C)o1. The number of rotatable bonds is 3. The molecule has 0 radical (unpaired) electrons. The Morgan fingerprint density at radius 3 is 2.75 bits per heavy atom. The van der Waals surface area contributed by atoms with E-state index in [9.17, 15) is 0 Å². The van der Waals surface area contributed by atoms with Gasteiger partial charge in [-0.3, -0.25) is 0 Å². The van der Waals surface area contributed by atoms with E-state index in [0.29, 0.717) is 12.2 Å². The Labute approximate surface area is 93.4 Å². The number of nitrogens with two attached hydrogens (primary N) is 1. The van der Waals surface area contributed by atoms with E-state index in [2.05, 4.69) is 15.4 Å². The molecule has 0 amide bonds. The van der Waals surface area contributed by atoms with Gasteiger partial charge in [0.1, 0.15) is 11.5 Å². The summed E-state index contributed by atoms with van der Waals surface area (Å²) in [5, 5.41) is 11.8. The van der Waals surface area contributed by atoms with E-state index in [4.69, 9.17) is 10.2 Å². The van der Waals surface area contributed by atoms with Crippen molar-refractivity contribution in [3.63, 3.8) is 0 Å². The summed E-state index contributed by atoms with van der Waals surface area (Å²) < 4.78 is 5.44. The van der Waals surface area contributed by atoms with Gasteiger partial charge in [-0.25, -0.2) is 0 Å². The molecule has 0 aliphatic heterocycles. The molecule has 6 nitrogen and oxygen atoms in total. The molecule has 2 heterocycles. The summed E-state index contributed by atoms with van der Waals surface area (Å²) in [7, 11) is 1.73. The molecule has 0 saturated carbocycles. The number of hydrogen-bond donors (Lipinski definition) is 1. The lowest BCUT2D eigenvalue weighted by Crippen LogP contribution is -2.14. The van der Waals surface area contributed by atoms with E-state index in [1.807, 2.05) is 19.9 Å². The summed E-state index contributed by atoms with van der Waals surface area (Å²) in [4.78, 5) is 1.43. The van der Waals surface area contributed by atoms with Crippen molar-refractivity contribution in [2.24, 2.45) is 12.8 Å². The number of nitrogens with zero attached hydrogens (tertiary/aromatic N) is 4. The molecule has 2 aromatic rings. The standard InChI is InChI=1S/C10H15N5O/c1-6-4-8(7(2)16-6)9(11)5-10-12-14-15(3)13-10/h4,9H,5,11H2,1-3H3. The van der Waals surface area contributed by atoms with Gasteiger partial charge in [0.2, 0.25) is 0 Å². The van der Waals surface area contributed by atoms with Crippen molar-refractivity contribution in [3.8, 4) is 0 Å². The van der Waals surface area contributed by atoms with Crippen LogP contribution in [0.4, 0.5) is 0 Å². The van der Waals surface area contributed by atoms with E-state index in [-0.39, 0.29) is 6.04 Å². The average molecular weight is 221 g/mol. The van der Waals surface area contributed by atoms with Crippen LogP contribution in [0.25, 0.3) is 0 Å². The molecule has 0 aliphatic rings. The molecule has 6 heteroatoms. The summed E-state index contributed by atoms with van der Waals surface area (Å²) in [5.41, 5.74) is 7.08. The Morgan fingerprint density at radius 1 is 1.50 bits per heavy atom. The predicted molar refractivity (Wildman–Crippen MR) is 57.6 cm³/mol. The fourth-order valence-electron chi connectivity index (χ4n) is 1.73. The van der Waals surface area contributed by atoms with Crippen molar-refractivity contribution in [3.05, 3.63) is 29.0 Å². The Morgan fingerprint density at radius 2 is 2.25 bits per heavy atom. The van der Waals surface area contributed by atoms with E-state index in [1.165, 1.54) is 4.80 Å². The van der Waals surface area contributed by atoms with Crippen LogP contribution >= 0.6 is 0 Å². The molecule has 2 aromatic heterocycles. The maximum atomic E-state index is 6.07. The van der Waals surface area contributed by atoms with Crippen LogP contribution in [0, 0.1) is 13.8 Å². The van der Waals surface area contributed by atoms with Gasteiger partial charge in [0.15, 0.2) is 5.82 Å². The fraction of sp³-hybridized carbons (Fsp3) is 0.500. The van der Waals surface area contributed by atoms with Crippen LogP contribution < -0.4 is 5.73 Å². The molecule has 0 spiro atoms. The van der Waals surface area contributed by atoms with Crippen LogP contribution in [0.2, 0.25) is 0 Å². The highest BCUT2D eigenvalue weighted by Crippen LogP contribution is 2.21. The molecule has 0 fully saturated rings. The first kappa shape index (κ1) is 10.8. The van der Waals surface area contributed by atoms with Gasteiger partial charge in [-0.2, -0.15) is 4.80 Å². The van der Waals surface area contributed by atoms with E-state index < -0.39 is 0 Å². The molecular formula is C10H15N5O. The maximum Gasteiger partial charge on any atom is 0.176 e. The van der Waals surface area contributed by atoms with Crippen molar-refractivity contribution >= 4 is 0 Å². The lowest BCUT2D eigenvalue weighted by molar-refractivity contribution is 0.496. The zero-order valence-electron chi connectivity index (χ0n) is 9.64. The second-order valence-electron chi connectivity index (χ2n) is 3.87. The lowest BCUT2D eigenvalue weighted by Gasteiger charge is -2.06. The summed E-state index contributed by atoms with van der Waals surface area (Å²) >= 11 is 0. The molecule has 0 bridgehead atoms. The van der Waals surface area contributed by atoms with Crippen LogP contribution in [-0.4, -0.2) is 20.2 Å². The third-order valence-corrected chi connectivity index (χ3v) is 2.43. The first-order valence-corrected chi connectivity index (χ1v) is 5.11.